The van der Waals surface area contributed by atoms with Crippen molar-refractivity contribution in [2.24, 2.45) is 0 Å². The molecule has 0 radical (unpaired) electrons. The molecular formula is C21H22BrNO3. The normalized spacial score (nSPS) is 16.2. The molecule has 1 heterocycles. The predicted octanol–water partition coefficient (Wildman–Crippen LogP) is 3.73. The van der Waals surface area contributed by atoms with Crippen LogP contribution in [-0.4, -0.2) is 37.0 Å². The lowest BCUT2D eigenvalue weighted by molar-refractivity contribution is -0.151. The van der Waals surface area contributed by atoms with E-state index >= 15 is 0 Å². The minimum atomic E-state index is -0.662. The van der Waals surface area contributed by atoms with Crippen molar-refractivity contribution in [2.75, 3.05) is 20.2 Å². The van der Waals surface area contributed by atoms with Crippen LogP contribution in [0.1, 0.15) is 24.0 Å². The molecule has 136 valence electrons. The van der Waals surface area contributed by atoms with E-state index in [0.29, 0.717) is 32.4 Å². The lowest BCUT2D eigenvalue weighted by Crippen LogP contribution is -2.49. The van der Waals surface area contributed by atoms with Gasteiger partial charge in [0.05, 0.1) is 18.9 Å². The van der Waals surface area contributed by atoms with Gasteiger partial charge in [0.15, 0.2) is 0 Å². The Morgan fingerprint density at radius 2 is 1.65 bits per heavy atom. The van der Waals surface area contributed by atoms with E-state index in [0.717, 1.165) is 15.6 Å². The number of amides is 1. The number of rotatable bonds is 4. The quantitative estimate of drug-likeness (QED) is 0.714. The first kappa shape index (κ1) is 18.6. The lowest BCUT2D eigenvalue weighted by Gasteiger charge is -2.40. The van der Waals surface area contributed by atoms with E-state index in [9.17, 15) is 9.59 Å². The van der Waals surface area contributed by atoms with Crippen LogP contribution in [-0.2, 0) is 26.2 Å². The Balaban J connectivity index is 1.70. The highest BCUT2D eigenvalue weighted by Gasteiger charge is 2.44. The van der Waals surface area contributed by atoms with Gasteiger partial charge in [0, 0.05) is 17.6 Å². The van der Waals surface area contributed by atoms with Crippen LogP contribution in [0.2, 0.25) is 0 Å². The van der Waals surface area contributed by atoms with Crippen LogP contribution in [0.3, 0.4) is 0 Å². The van der Waals surface area contributed by atoms with Gasteiger partial charge in [-0.05, 0) is 36.1 Å². The molecule has 1 fully saturated rings. The Morgan fingerprint density at radius 3 is 2.23 bits per heavy atom. The summed E-state index contributed by atoms with van der Waals surface area (Å²) in [5.74, 6) is -0.123. The molecule has 5 heteroatoms. The maximum Gasteiger partial charge on any atom is 0.316 e. The molecule has 0 N–H and O–H groups in total. The monoisotopic (exact) mass is 415 g/mol. The van der Waals surface area contributed by atoms with Crippen LogP contribution >= 0.6 is 15.9 Å². The first-order chi connectivity index (χ1) is 12.5. The smallest absolute Gasteiger partial charge is 0.316 e. The van der Waals surface area contributed by atoms with E-state index in [2.05, 4.69) is 15.9 Å². The molecule has 3 rings (SSSR count). The number of ether oxygens (including phenoxy) is 1. The third kappa shape index (κ3) is 3.83. The highest BCUT2D eigenvalue weighted by molar-refractivity contribution is 9.10. The molecule has 1 saturated heterocycles. The molecule has 2 aromatic rings. The van der Waals surface area contributed by atoms with Crippen molar-refractivity contribution in [3.63, 3.8) is 0 Å². The summed E-state index contributed by atoms with van der Waals surface area (Å²) in [4.78, 5) is 27.0. The second-order valence-electron chi connectivity index (χ2n) is 6.62. The summed E-state index contributed by atoms with van der Waals surface area (Å²) in [5.41, 5.74) is 1.29. The van der Waals surface area contributed by atoms with Gasteiger partial charge in [0.25, 0.3) is 0 Å². The average Bonchev–Trinajstić information content (AvgIpc) is 2.69. The van der Waals surface area contributed by atoms with Gasteiger partial charge in [-0.2, -0.15) is 0 Å². The van der Waals surface area contributed by atoms with Gasteiger partial charge in [0.2, 0.25) is 5.91 Å². The largest absolute Gasteiger partial charge is 0.468 e. The topological polar surface area (TPSA) is 46.6 Å². The molecule has 1 amide bonds. The van der Waals surface area contributed by atoms with Gasteiger partial charge in [-0.1, -0.05) is 58.4 Å². The number of carbonyl (C=O) groups is 2. The molecule has 0 aliphatic carbocycles. The van der Waals surface area contributed by atoms with Gasteiger partial charge >= 0.3 is 5.97 Å². The number of benzene rings is 2. The number of hydrogen-bond acceptors (Lipinski definition) is 3. The Morgan fingerprint density at radius 1 is 1.04 bits per heavy atom. The van der Waals surface area contributed by atoms with Crippen molar-refractivity contribution >= 4 is 27.8 Å². The Labute approximate surface area is 162 Å². The van der Waals surface area contributed by atoms with E-state index in [1.54, 1.807) is 0 Å². The van der Waals surface area contributed by atoms with Crippen LogP contribution < -0.4 is 0 Å². The number of esters is 1. The number of hydrogen-bond donors (Lipinski definition) is 0. The summed E-state index contributed by atoms with van der Waals surface area (Å²) in [5, 5.41) is 0. The van der Waals surface area contributed by atoms with Crippen LogP contribution in [0, 0.1) is 0 Å². The fourth-order valence-corrected chi connectivity index (χ4v) is 3.85. The maximum atomic E-state index is 12.6. The standard InChI is InChI=1S/C21H22BrNO3/c1-26-20(25)21(17-5-3-2-4-6-17)11-13-23(14-12-21)19(24)15-16-7-9-18(22)10-8-16/h2-10H,11-15H2,1H3. The van der Waals surface area contributed by atoms with Crippen molar-refractivity contribution in [2.45, 2.75) is 24.7 Å². The lowest BCUT2D eigenvalue weighted by atomic mass is 9.72. The summed E-state index contributed by atoms with van der Waals surface area (Å²) >= 11 is 3.40. The molecule has 1 aliphatic rings. The Kier molecular flexibility index (Phi) is 5.77. The number of likely N-dealkylation sites (tertiary alicyclic amines) is 1. The van der Waals surface area contributed by atoms with Crippen molar-refractivity contribution in [1.82, 2.24) is 4.90 Å². The second-order valence-corrected chi connectivity index (χ2v) is 7.54. The van der Waals surface area contributed by atoms with Gasteiger partial charge in [-0.3, -0.25) is 9.59 Å². The zero-order valence-corrected chi connectivity index (χ0v) is 16.4. The van der Waals surface area contributed by atoms with E-state index in [1.807, 2.05) is 59.5 Å². The maximum absolute atomic E-state index is 12.6. The van der Waals surface area contributed by atoms with Crippen molar-refractivity contribution in [3.8, 4) is 0 Å². The average molecular weight is 416 g/mol. The van der Waals surface area contributed by atoms with E-state index in [1.165, 1.54) is 7.11 Å². The zero-order valence-electron chi connectivity index (χ0n) is 14.8. The van der Waals surface area contributed by atoms with Crippen LogP contribution in [0.4, 0.5) is 0 Å². The minimum Gasteiger partial charge on any atom is -0.468 e. The minimum absolute atomic E-state index is 0.0962. The molecule has 4 nitrogen and oxygen atoms in total. The molecule has 0 unspecified atom stereocenters. The molecule has 0 aromatic heterocycles. The molecule has 0 atom stereocenters. The second kappa shape index (κ2) is 8.04. The molecule has 0 spiro atoms. The summed E-state index contributed by atoms with van der Waals surface area (Å²) in [6.07, 6.45) is 1.54. The highest BCUT2D eigenvalue weighted by atomic mass is 79.9. The molecule has 0 bridgehead atoms. The first-order valence-corrected chi connectivity index (χ1v) is 9.50. The van der Waals surface area contributed by atoms with Gasteiger partial charge in [-0.25, -0.2) is 0 Å². The van der Waals surface area contributed by atoms with Crippen molar-refractivity contribution in [1.29, 1.82) is 0 Å². The summed E-state index contributed by atoms with van der Waals surface area (Å²) in [6, 6.07) is 17.5. The highest BCUT2D eigenvalue weighted by Crippen LogP contribution is 2.37. The molecule has 0 saturated carbocycles. The summed E-state index contributed by atoms with van der Waals surface area (Å²) in [7, 11) is 1.43. The number of methoxy groups -OCH3 is 1. The molecular weight excluding hydrogens is 394 g/mol. The molecule has 1 aliphatic heterocycles. The third-order valence-electron chi connectivity index (χ3n) is 5.14. The predicted molar refractivity (Wildman–Crippen MR) is 104 cm³/mol. The van der Waals surface area contributed by atoms with E-state index < -0.39 is 5.41 Å². The molecule has 26 heavy (non-hydrogen) atoms. The van der Waals surface area contributed by atoms with Crippen molar-refractivity contribution < 1.29 is 14.3 Å². The zero-order chi connectivity index (χ0) is 18.6. The number of halogens is 1. The van der Waals surface area contributed by atoms with E-state index in [-0.39, 0.29) is 11.9 Å². The fourth-order valence-electron chi connectivity index (χ4n) is 3.59. The molecule has 2 aromatic carbocycles. The van der Waals surface area contributed by atoms with Crippen LogP contribution in [0.25, 0.3) is 0 Å². The van der Waals surface area contributed by atoms with Gasteiger partial charge in [-0.15, -0.1) is 0 Å². The van der Waals surface area contributed by atoms with Gasteiger partial charge < -0.3 is 9.64 Å². The number of nitrogens with zero attached hydrogens (tertiary/aromatic N) is 1. The van der Waals surface area contributed by atoms with Crippen LogP contribution in [0.5, 0.6) is 0 Å². The third-order valence-corrected chi connectivity index (χ3v) is 5.67. The Bertz CT molecular complexity index is 766. The summed E-state index contributed by atoms with van der Waals surface area (Å²) < 4.78 is 6.10. The van der Waals surface area contributed by atoms with Gasteiger partial charge in [0.1, 0.15) is 0 Å². The summed E-state index contributed by atoms with van der Waals surface area (Å²) in [6.45, 7) is 1.11. The number of carbonyl (C=O) groups excluding carboxylic acids is 2. The van der Waals surface area contributed by atoms with Crippen molar-refractivity contribution in [3.05, 3.63) is 70.2 Å². The number of piperidine rings is 1. The first-order valence-electron chi connectivity index (χ1n) is 8.71. The van der Waals surface area contributed by atoms with E-state index in [4.69, 9.17) is 4.74 Å². The van der Waals surface area contributed by atoms with Crippen LogP contribution in [0.15, 0.2) is 59.1 Å². The Hall–Kier alpha value is -2.14. The SMILES string of the molecule is COC(=O)C1(c2ccccc2)CCN(C(=O)Cc2ccc(Br)cc2)CC1. The fraction of sp³-hybridized carbons (Fsp3) is 0.333.